The molecule has 1 aliphatic rings. The lowest BCUT2D eigenvalue weighted by atomic mass is 9.99. The van der Waals surface area contributed by atoms with Crippen LogP contribution in [0.2, 0.25) is 0 Å². The third kappa shape index (κ3) is 2.29. The first-order valence-electron chi connectivity index (χ1n) is 4.81. The van der Waals surface area contributed by atoms with E-state index in [0.29, 0.717) is 5.54 Å². The largest absolute Gasteiger partial charge is 0.307 e. The van der Waals surface area contributed by atoms with Gasteiger partial charge in [0, 0.05) is 23.2 Å². The molecule has 0 amide bonds. The van der Waals surface area contributed by atoms with E-state index in [0.717, 1.165) is 12.5 Å². The van der Waals surface area contributed by atoms with Gasteiger partial charge in [0.15, 0.2) is 0 Å². The molecule has 1 aromatic heterocycles. The number of aromatic nitrogens is 1. The quantitative estimate of drug-likeness (QED) is 0.800. The van der Waals surface area contributed by atoms with Crippen LogP contribution in [0.1, 0.15) is 31.6 Å². The fourth-order valence-electron chi connectivity index (χ4n) is 1.59. The van der Waals surface area contributed by atoms with Crippen LogP contribution >= 0.6 is 11.3 Å². The van der Waals surface area contributed by atoms with Gasteiger partial charge in [0.25, 0.3) is 0 Å². The van der Waals surface area contributed by atoms with Crippen LogP contribution in [-0.4, -0.2) is 10.5 Å². The minimum Gasteiger partial charge on any atom is -0.307 e. The number of rotatable bonds is 4. The number of nitrogens with one attached hydrogen (secondary N) is 1. The minimum absolute atomic E-state index is 0.310. The van der Waals surface area contributed by atoms with Gasteiger partial charge in [-0.3, -0.25) is 4.98 Å². The van der Waals surface area contributed by atoms with Gasteiger partial charge in [-0.1, -0.05) is 0 Å². The number of nitrogens with zero attached hydrogens (tertiary/aromatic N) is 1. The molecule has 1 fully saturated rings. The predicted octanol–water partition coefficient (Wildman–Crippen LogP) is 2.42. The van der Waals surface area contributed by atoms with E-state index in [-0.39, 0.29) is 0 Å². The van der Waals surface area contributed by atoms with Gasteiger partial charge in [0.1, 0.15) is 0 Å². The molecule has 72 valence electrons. The summed E-state index contributed by atoms with van der Waals surface area (Å²) in [6, 6.07) is 0. The van der Waals surface area contributed by atoms with Crippen molar-refractivity contribution < 1.29 is 0 Å². The van der Waals surface area contributed by atoms with Crippen molar-refractivity contribution in [3.05, 3.63) is 16.6 Å². The SMILES string of the molecule is CC(C)(NCc1cncs1)C1CC1. The summed E-state index contributed by atoms with van der Waals surface area (Å²) in [5, 5.41) is 3.59. The maximum atomic E-state index is 4.06. The van der Waals surface area contributed by atoms with Crippen LogP contribution in [-0.2, 0) is 6.54 Å². The summed E-state index contributed by atoms with van der Waals surface area (Å²) in [6.45, 7) is 5.56. The van der Waals surface area contributed by atoms with Crippen molar-refractivity contribution in [1.82, 2.24) is 10.3 Å². The van der Waals surface area contributed by atoms with E-state index in [2.05, 4.69) is 24.1 Å². The Morgan fingerprint density at radius 1 is 1.62 bits per heavy atom. The van der Waals surface area contributed by atoms with E-state index in [4.69, 9.17) is 0 Å². The van der Waals surface area contributed by atoms with Crippen molar-refractivity contribution in [2.45, 2.75) is 38.8 Å². The van der Waals surface area contributed by atoms with Crippen molar-refractivity contribution >= 4 is 11.3 Å². The molecule has 0 unspecified atom stereocenters. The van der Waals surface area contributed by atoms with E-state index in [1.165, 1.54) is 17.7 Å². The summed E-state index contributed by atoms with van der Waals surface area (Å²) in [4.78, 5) is 5.39. The minimum atomic E-state index is 0.310. The van der Waals surface area contributed by atoms with Crippen molar-refractivity contribution in [2.24, 2.45) is 5.92 Å². The predicted molar refractivity (Wildman–Crippen MR) is 55.8 cm³/mol. The Kier molecular flexibility index (Phi) is 2.39. The molecule has 2 rings (SSSR count). The molecule has 0 atom stereocenters. The first-order chi connectivity index (χ1) is 6.18. The van der Waals surface area contributed by atoms with Crippen LogP contribution in [0.15, 0.2) is 11.7 Å². The molecule has 1 heterocycles. The molecule has 0 aliphatic heterocycles. The van der Waals surface area contributed by atoms with E-state index in [1.54, 1.807) is 11.3 Å². The molecule has 0 bridgehead atoms. The Balaban J connectivity index is 1.84. The molecule has 1 aliphatic carbocycles. The monoisotopic (exact) mass is 196 g/mol. The van der Waals surface area contributed by atoms with Gasteiger partial charge in [-0.25, -0.2) is 0 Å². The molecule has 1 saturated carbocycles. The van der Waals surface area contributed by atoms with Crippen molar-refractivity contribution in [2.75, 3.05) is 0 Å². The summed E-state index contributed by atoms with van der Waals surface area (Å²) in [6.07, 6.45) is 4.73. The Labute approximate surface area is 83.4 Å². The molecular formula is C10H16N2S. The highest BCUT2D eigenvalue weighted by Crippen LogP contribution is 2.39. The molecule has 0 spiro atoms. The maximum Gasteiger partial charge on any atom is 0.0794 e. The Bertz CT molecular complexity index is 262. The third-order valence-corrected chi connectivity index (χ3v) is 3.58. The fraction of sp³-hybridized carbons (Fsp3) is 0.700. The first-order valence-corrected chi connectivity index (χ1v) is 5.69. The standard InChI is InChI=1S/C10H16N2S/c1-10(2,8-3-4-8)12-6-9-5-11-7-13-9/h5,7-8,12H,3-4,6H2,1-2H3. The zero-order chi connectivity index (χ0) is 9.31. The van der Waals surface area contributed by atoms with Gasteiger partial charge in [-0.15, -0.1) is 11.3 Å². The highest BCUT2D eigenvalue weighted by Gasteiger charge is 2.37. The summed E-state index contributed by atoms with van der Waals surface area (Å²) in [5.41, 5.74) is 2.20. The molecule has 1 N–H and O–H groups in total. The first kappa shape index (κ1) is 9.16. The van der Waals surface area contributed by atoms with Crippen molar-refractivity contribution in [3.8, 4) is 0 Å². The van der Waals surface area contributed by atoms with Crippen LogP contribution in [0, 0.1) is 5.92 Å². The van der Waals surface area contributed by atoms with E-state index in [9.17, 15) is 0 Å². The zero-order valence-electron chi connectivity index (χ0n) is 8.21. The summed E-state index contributed by atoms with van der Waals surface area (Å²) < 4.78 is 0. The van der Waals surface area contributed by atoms with Crippen LogP contribution in [0.4, 0.5) is 0 Å². The van der Waals surface area contributed by atoms with Gasteiger partial charge >= 0.3 is 0 Å². The van der Waals surface area contributed by atoms with Gasteiger partial charge in [0.2, 0.25) is 0 Å². The summed E-state index contributed by atoms with van der Waals surface area (Å²) in [5.74, 6) is 0.889. The summed E-state index contributed by atoms with van der Waals surface area (Å²) >= 11 is 1.72. The van der Waals surface area contributed by atoms with E-state index >= 15 is 0 Å². The van der Waals surface area contributed by atoms with Gasteiger partial charge in [-0.05, 0) is 32.6 Å². The highest BCUT2D eigenvalue weighted by atomic mass is 32.1. The molecule has 0 saturated heterocycles. The molecular weight excluding hydrogens is 180 g/mol. The number of thiazole rings is 1. The lowest BCUT2D eigenvalue weighted by molar-refractivity contribution is 0.340. The number of hydrogen-bond acceptors (Lipinski definition) is 3. The second kappa shape index (κ2) is 3.39. The lowest BCUT2D eigenvalue weighted by Gasteiger charge is -2.25. The molecule has 2 nitrogen and oxygen atoms in total. The van der Waals surface area contributed by atoms with Crippen molar-refractivity contribution in [1.29, 1.82) is 0 Å². The van der Waals surface area contributed by atoms with Crippen LogP contribution in [0.25, 0.3) is 0 Å². The van der Waals surface area contributed by atoms with Gasteiger partial charge in [0.05, 0.1) is 5.51 Å². The Morgan fingerprint density at radius 2 is 2.38 bits per heavy atom. The summed E-state index contributed by atoms with van der Waals surface area (Å²) in [7, 11) is 0. The molecule has 13 heavy (non-hydrogen) atoms. The normalized spacial score (nSPS) is 17.7. The zero-order valence-corrected chi connectivity index (χ0v) is 9.03. The average molecular weight is 196 g/mol. The van der Waals surface area contributed by atoms with Crippen molar-refractivity contribution in [3.63, 3.8) is 0 Å². The Morgan fingerprint density at radius 3 is 2.92 bits per heavy atom. The smallest absolute Gasteiger partial charge is 0.0794 e. The highest BCUT2D eigenvalue weighted by molar-refractivity contribution is 7.09. The second-order valence-corrected chi connectivity index (χ2v) is 5.29. The van der Waals surface area contributed by atoms with E-state index < -0.39 is 0 Å². The van der Waals surface area contributed by atoms with Crippen LogP contribution < -0.4 is 5.32 Å². The van der Waals surface area contributed by atoms with Crippen LogP contribution in [0.5, 0.6) is 0 Å². The molecule has 1 aromatic rings. The molecule has 0 aromatic carbocycles. The van der Waals surface area contributed by atoms with Gasteiger partial charge in [-0.2, -0.15) is 0 Å². The number of hydrogen-bond donors (Lipinski definition) is 1. The maximum absolute atomic E-state index is 4.06. The van der Waals surface area contributed by atoms with Gasteiger partial charge < -0.3 is 5.32 Å². The molecule has 3 heteroatoms. The third-order valence-electron chi connectivity index (χ3n) is 2.80. The van der Waals surface area contributed by atoms with E-state index in [1.807, 2.05) is 11.7 Å². The topological polar surface area (TPSA) is 24.9 Å². The fourth-order valence-corrected chi connectivity index (χ4v) is 2.13. The second-order valence-electron chi connectivity index (χ2n) is 4.32. The van der Waals surface area contributed by atoms with Crippen LogP contribution in [0.3, 0.4) is 0 Å². The Hall–Kier alpha value is -0.410. The lowest BCUT2D eigenvalue weighted by Crippen LogP contribution is -2.40. The molecule has 0 radical (unpaired) electrons. The average Bonchev–Trinajstić information content (AvgIpc) is 2.82.